The second kappa shape index (κ2) is 9.28. The predicted molar refractivity (Wildman–Crippen MR) is 106 cm³/mol. The van der Waals surface area contributed by atoms with E-state index in [9.17, 15) is 9.59 Å². The fourth-order valence-electron chi connectivity index (χ4n) is 2.55. The fraction of sp³-hybridized carbons (Fsp3) is 0.0870. The number of carbonyl (C=O) groups excluding carboxylic acids is 1. The molecule has 0 atom stereocenters. The molecule has 0 radical (unpaired) electrons. The molecule has 0 amide bonds. The molecule has 0 aliphatic carbocycles. The van der Waals surface area contributed by atoms with Crippen molar-refractivity contribution in [2.24, 2.45) is 0 Å². The average Bonchev–Trinajstić information content (AvgIpc) is 2.72. The van der Waals surface area contributed by atoms with Crippen molar-refractivity contribution in [1.29, 1.82) is 0 Å². The fourth-order valence-corrected chi connectivity index (χ4v) is 2.55. The maximum absolute atomic E-state index is 12.2. The zero-order valence-electron chi connectivity index (χ0n) is 15.1. The van der Waals surface area contributed by atoms with E-state index in [0.29, 0.717) is 17.7 Å². The quantitative estimate of drug-likeness (QED) is 0.473. The van der Waals surface area contributed by atoms with Crippen LogP contribution in [0, 0.1) is 0 Å². The molecule has 0 unspecified atom stereocenters. The third-order valence-corrected chi connectivity index (χ3v) is 4.01. The van der Waals surface area contributed by atoms with Gasteiger partial charge in [-0.25, -0.2) is 0 Å². The van der Waals surface area contributed by atoms with Crippen LogP contribution in [0.1, 0.15) is 27.2 Å². The minimum atomic E-state index is -0.897. The lowest BCUT2D eigenvalue weighted by atomic mass is 10.1. The lowest BCUT2D eigenvalue weighted by Crippen LogP contribution is -2.01. The molecule has 28 heavy (non-hydrogen) atoms. The Bertz CT molecular complexity index is 962. The predicted octanol–water partition coefficient (Wildman–Crippen LogP) is 4.18. The summed E-state index contributed by atoms with van der Waals surface area (Å²) in [6.07, 6.45) is 4.90. The van der Waals surface area contributed by atoms with Gasteiger partial charge < -0.3 is 9.84 Å². The van der Waals surface area contributed by atoms with E-state index in [1.165, 1.54) is 6.08 Å². The Morgan fingerprint density at radius 2 is 1.71 bits per heavy atom. The van der Waals surface area contributed by atoms with Gasteiger partial charge in [0.25, 0.3) is 0 Å². The van der Waals surface area contributed by atoms with E-state index in [-0.39, 0.29) is 12.2 Å². The van der Waals surface area contributed by atoms with Crippen LogP contribution in [0.15, 0.2) is 79.0 Å². The number of carboxylic acids is 1. The first-order valence-corrected chi connectivity index (χ1v) is 8.76. The molecule has 3 aromatic rings. The van der Waals surface area contributed by atoms with Crippen LogP contribution in [-0.4, -0.2) is 21.8 Å². The van der Waals surface area contributed by atoms with Crippen LogP contribution in [-0.2, 0) is 17.8 Å². The van der Waals surface area contributed by atoms with Crippen molar-refractivity contribution < 1.29 is 19.4 Å². The van der Waals surface area contributed by atoms with Crippen LogP contribution >= 0.6 is 0 Å². The molecule has 0 fully saturated rings. The largest absolute Gasteiger partial charge is 0.487 e. The summed E-state index contributed by atoms with van der Waals surface area (Å²) in [5, 5.41) is 8.78. The third-order valence-electron chi connectivity index (χ3n) is 4.01. The number of pyridine rings is 1. The molecule has 2 aromatic carbocycles. The van der Waals surface area contributed by atoms with Crippen molar-refractivity contribution in [2.45, 2.75) is 13.0 Å². The van der Waals surface area contributed by atoms with Gasteiger partial charge in [0.15, 0.2) is 5.78 Å². The van der Waals surface area contributed by atoms with E-state index < -0.39 is 5.97 Å². The molecule has 0 saturated heterocycles. The van der Waals surface area contributed by atoms with Gasteiger partial charge in [-0.15, -0.1) is 0 Å². The summed E-state index contributed by atoms with van der Waals surface area (Å²) >= 11 is 0. The Kier molecular flexibility index (Phi) is 6.31. The van der Waals surface area contributed by atoms with E-state index in [1.54, 1.807) is 36.5 Å². The highest BCUT2D eigenvalue weighted by atomic mass is 16.5. The first kappa shape index (κ1) is 19.0. The molecule has 5 nitrogen and oxygen atoms in total. The molecule has 0 spiro atoms. The minimum absolute atomic E-state index is 0.0565. The van der Waals surface area contributed by atoms with Gasteiger partial charge >= 0.3 is 5.97 Å². The summed E-state index contributed by atoms with van der Waals surface area (Å²) in [5.74, 6) is -0.313. The summed E-state index contributed by atoms with van der Waals surface area (Å²) in [7, 11) is 0. The van der Waals surface area contributed by atoms with Crippen molar-refractivity contribution in [3.05, 3.63) is 101 Å². The van der Waals surface area contributed by atoms with Crippen LogP contribution in [0.3, 0.4) is 0 Å². The monoisotopic (exact) mass is 373 g/mol. The number of aliphatic carboxylic acids is 1. The maximum atomic E-state index is 12.2. The van der Waals surface area contributed by atoms with Gasteiger partial charge in [-0.05, 0) is 41.5 Å². The van der Waals surface area contributed by atoms with Crippen LogP contribution in [0.4, 0.5) is 0 Å². The van der Waals surface area contributed by atoms with Gasteiger partial charge in [0.1, 0.15) is 12.4 Å². The summed E-state index contributed by atoms with van der Waals surface area (Å²) < 4.78 is 5.69. The van der Waals surface area contributed by atoms with E-state index in [0.717, 1.165) is 17.0 Å². The summed E-state index contributed by atoms with van der Waals surface area (Å²) in [5.41, 5.74) is 2.91. The Morgan fingerprint density at radius 3 is 2.36 bits per heavy atom. The first-order chi connectivity index (χ1) is 13.6. The van der Waals surface area contributed by atoms with Crippen molar-refractivity contribution in [2.75, 3.05) is 0 Å². The SMILES string of the molecule is O=C(O)Cc1ccc(C(=O)C=Cc2ccc(OCc3ccccn3)cc2)cc1. The number of nitrogens with zero attached hydrogens (tertiary/aromatic N) is 1. The summed E-state index contributed by atoms with van der Waals surface area (Å²) in [4.78, 5) is 27.1. The zero-order chi connectivity index (χ0) is 19.8. The molecule has 0 aliphatic heterocycles. The lowest BCUT2D eigenvalue weighted by Gasteiger charge is -2.05. The summed E-state index contributed by atoms with van der Waals surface area (Å²) in [6.45, 7) is 0.395. The number of benzene rings is 2. The van der Waals surface area contributed by atoms with E-state index in [1.807, 2.05) is 42.5 Å². The molecule has 1 heterocycles. The van der Waals surface area contributed by atoms with Gasteiger partial charge in [0, 0.05) is 11.8 Å². The topological polar surface area (TPSA) is 76.5 Å². The number of rotatable bonds is 8. The molecule has 1 N–H and O–H groups in total. The molecule has 0 aliphatic rings. The summed E-state index contributed by atoms with van der Waals surface area (Å²) in [6, 6.07) is 19.7. The second-order valence-corrected chi connectivity index (χ2v) is 6.14. The second-order valence-electron chi connectivity index (χ2n) is 6.14. The molecular weight excluding hydrogens is 354 g/mol. The van der Waals surface area contributed by atoms with Crippen molar-refractivity contribution in [3.8, 4) is 5.75 Å². The van der Waals surface area contributed by atoms with E-state index in [4.69, 9.17) is 9.84 Å². The Balaban J connectivity index is 1.56. The first-order valence-electron chi connectivity index (χ1n) is 8.76. The highest BCUT2D eigenvalue weighted by Crippen LogP contribution is 2.15. The number of allylic oxidation sites excluding steroid dienone is 1. The normalized spacial score (nSPS) is 10.7. The van der Waals surface area contributed by atoms with E-state index >= 15 is 0 Å². The number of carbonyl (C=O) groups is 2. The van der Waals surface area contributed by atoms with E-state index in [2.05, 4.69) is 4.98 Å². The van der Waals surface area contributed by atoms with Crippen LogP contribution < -0.4 is 4.74 Å². The molecular formula is C23H19NO4. The zero-order valence-corrected chi connectivity index (χ0v) is 15.1. The lowest BCUT2D eigenvalue weighted by molar-refractivity contribution is -0.136. The highest BCUT2D eigenvalue weighted by molar-refractivity contribution is 6.06. The number of aromatic nitrogens is 1. The Labute approximate surface area is 162 Å². The van der Waals surface area contributed by atoms with Gasteiger partial charge in [0.2, 0.25) is 0 Å². The molecule has 5 heteroatoms. The molecule has 3 rings (SSSR count). The number of ketones is 1. The molecule has 140 valence electrons. The number of ether oxygens (including phenoxy) is 1. The van der Waals surface area contributed by atoms with Crippen molar-refractivity contribution in [1.82, 2.24) is 4.98 Å². The molecule has 0 bridgehead atoms. The van der Waals surface area contributed by atoms with Crippen molar-refractivity contribution in [3.63, 3.8) is 0 Å². The molecule has 1 aromatic heterocycles. The van der Waals surface area contributed by atoms with Crippen LogP contribution in [0.5, 0.6) is 5.75 Å². The van der Waals surface area contributed by atoms with Gasteiger partial charge in [-0.2, -0.15) is 0 Å². The van der Waals surface area contributed by atoms with Gasteiger partial charge in [-0.1, -0.05) is 48.5 Å². The standard InChI is InChI=1S/C23H19NO4/c25-22(19-9-4-18(5-10-19)15-23(26)27)13-8-17-6-11-21(12-7-17)28-16-20-3-1-2-14-24-20/h1-14H,15-16H2,(H,26,27). The average molecular weight is 373 g/mol. The van der Waals surface area contributed by atoms with Gasteiger partial charge in [-0.3, -0.25) is 14.6 Å². The Morgan fingerprint density at radius 1 is 0.964 bits per heavy atom. The minimum Gasteiger partial charge on any atom is -0.487 e. The van der Waals surface area contributed by atoms with Gasteiger partial charge in [0.05, 0.1) is 12.1 Å². The van der Waals surface area contributed by atoms with Crippen LogP contribution in [0.25, 0.3) is 6.08 Å². The Hall–Kier alpha value is -3.73. The number of carboxylic acid groups (broad SMARTS) is 1. The number of hydrogen-bond donors (Lipinski definition) is 1. The number of hydrogen-bond acceptors (Lipinski definition) is 4. The highest BCUT2D eigenvalue weighted by Gasteiger charge is 2.04. The maximum Gasteiger partial charge on any atom is 0.307 e. The van der Waals surface area contributed by atoms with Crippen molar-refractivity contribution >= 4 is 17.8 Å². The smallest absolute Gasteiger partial charge is 0.307 e. The van der Waals surface area contributed by atoms with Crippen LogP contribution in [0.2, 0.25) is 0 Å². The third kappa shape index (κ3) is 5.64. The molecule has 0 saturated carbocycles.